The Morgan fingerprint density at radius 3 is 2.65 bits per heavy atom. The van der Waals surface area contributed by atoms with E-state index in [2.05, 4.69) is 5.32 Å². The lowest BCUT2D eigenvalue weighted by atomic mass is 10.1. The van der Waals surface area contributed by atoms with Gasteiger partial charge >= 0.3 is 0 Å². The summed E-state index contributed by atoms with van der Waals surface area (Å²) in [6.07, 6.45) is 0. The SMILES string of the molecule is Cc1cccc(C(C)Nc2cc(F)ccc2[N+](=O)[O-])c1. The average molecular weight is 274 g/mol. The van der Waals surface area contributed by atoms with Gasteiger partial charge in [-0.05, 0) is 25.5 Å². The molecule has 1 atom stereocenters. The summed E-state index contributed by atoms with van der Waals surface area (Å²) in [5.74, 6) is -0.505. The molecule has 0 fully saturated rings. The number of rotatable bonds is 4. The fourth-order valence-corrected chi connectivity index (χ4v) is 2.04. The quantitative estimate of drug-likeness (QED) is 0.671. The second-order valence-corrected chi connectivity index (χ2v) is 4.70. The zero-order valence-corrected chi connectivity index (χ0v) is 11.3. The number of benzene rings is 2. The molecule has 0 aliphatic rings. The van der Waals surface area contributed by atoms with Crippen LogP contribution in [0.1, 0.15) is 24.1 Å². The minimum Gasteiger partial charge on any atom is -0.373 e. The van der Waals surface area contributed by atoms with Crippen LogP contribution in [0, 0.1) is 22.9 Å². The zero-order chi connectivity index (χ0) is 14.7. The molecule has 1 unspecified atom stereocenters. The highest BCUT2D eigenvalue weighted by Gasteiger charge is 2.16. The molecule has 2 aromatic carbocycles. The number of nitro benzene ring substituents is 1. The monoisotopic (exact) mass is 274 g/mol. The van der Waals surface area contributed by atoms with Crippen molar-refractivity contribution in [1.82, 2.24) is 0 Å². The third kappa shape index (κ3) is 3.12. The highest BCUT2D eigenvalue weighted by atomic mass is 19.1. The van der Waals surface area contributed by atoms with Gasteiger partial charge in [-0.2, -0.15) is 0 Å². The molecule has 104 valence electrons. The summed E-state index contributed by atoms with van der Waals surface area (Å²) in [6.45, 7) is 3.85. The molecule has 0 saturated carbocycles. The highest BCUT2D eigenvalue weighted by Crippen LogP contribution is 2.29. The molecule has 0 aliphatic heterocycles. The Morgan fingerprint density at radius 2 is 2.00 bits per heavy atom. The van der Waals surface area contributed by atoms with Crippen molar-refractivity contribution >= 4 is 11.4 Å². The Hall–Kier alpha value is -2.43. The second-order valence-electron chi connectivity index (χ2n) is 4.70. The average Bonchev–Trinajstić information content (AvgIpc) is 2.38. The Bertz CT molecular complexity index is 644. The van der Waals surface area contributed by atoms with E-state index < -0.39 is 10.7 Å². The molecule has 0 saturated heterocycles. The Morgan fingerprint density at radius 1 is 1.25 bits per heavy atom. The van der Waals surface area contributed by atoms with Crippen LogP contribution in [0.3, 0.4) is 0 Å². The third-order valence-corrected chi connectivity index (χ3v) is 3.07. The summed E-state index contributed by atoms with van der Waals surface area (Å²) in [4.78, 5) is 10.4. The minimum absolute atomic E-state index is 0.133. The van der Waals surface area contributed by atoms with Gasteiger partial charge in [0.05, 0.1) is 4.92 Å². The maximum Gasteiger partial charge on any atom is 0.292 e. The molecule has 2 rings (SSSR count). The van der Waals surface area contributed by atoms with Gasteiger partial charge in [-0.15, -0.1) is 0 Å². The minimum atomic E-state index is -0.523. The van der Waals surface area contributed by atoms with E-state index in [1.807, 2.05) is 38.1 Å². The topological polar surface area (TPSA) is 55.2 Å². The molecule has 0 aliphatic carbocycles. The van der Waals surface area contributed by atoms with E-state index in [1.165, 1.54) is 6.07 Å². The van der Waals surface area contributed by atoms with Crippen LogP contribution in [0.25, 0.3) is 0 Å². The smallest absolute Gasteiger partial charge is 0.292 e. The standard InChI is InChI=1S/C15H15FN2O2/c1-10-4-3-5-12(8-10)11(2)17-14-9-13(16)6-7-15(14)18(19)20/h3-9,11,17H,1-2H3. The maximum absolute atomic E-state index is 13.3. The summed E-state index contributed by atoms with van der Waals surface area (Å²) in [5, 5.41) is 13.9. The Labute approximate surface area is 116 Å². The number of nitro groups is 1. The Balaban J connectivity index is 2.29. The van der Waals surface area contributed by atoms with Crippen molar-refractivity contribution in [2.75, 3.05) is 5.32 Å². The maximum atomic E-state index is 13.3. The van der Waals surface area contributed by atoms with Crippen molar-refractivity contribution in [2.24, 2.45) is 0 Å². The van der Waals surface area contributed by atoms with Gasteiger partial charge in [-0.25, -0.2) is 4.39 Å². The molecule has 1 N–H and O–H groups in total. The van der Waals surface area contributed by atoms with Gasteiger partial charge in [0.1, 0.15) is 11.5 Å². The molecule has 5 heteroatoms. The molecule has 0 bridgehead atoms. The predicted molar refractivity (Wildman–Crippen MR) is 76.3 cm³/mol. The van der Waals surface area contributed by atoms with Crippen molar-refractivity contribution in [1.29, 1.82) is 0 Å². The molecular formula is C15H15FN2O2. The van der Waals surface area contributed by atoms with Crippen LogP contribution in [0.2, 0.25) is 0 Å². The van der Waals surface area contributed by atoms with Crippen LogP contribution in [-0.4, -0.2) is 4.92 Å². The third-order valence-electron chi connectivity index (χ3n) is 3.07. The highest BCUT2D eigenvalue weighted by molar-refractivity contribution is 5.62. The molecule has 0 radical (unpaired) electrons. The summed E-state index contributed by atoms with van der Waals surface area (Å²) >= 11 is 0. The molecule has 0 amide bonds. The number of anilines is 1. The fourth-order valence-electron chi connectivity index (χ4n) is 2.04. The molecule has 0 aromatic heterocycles. The lowest BCUT2D eigenvalue weighted by Crippen LogP contribution is -2.08. The van der Waals surface area contributed by atoms with Gasteiger partial charge in [-0.3, -0.25) is 10.1 Å². The molecule has 4 nitrogen and oxygen atoms in total. The van der Waals surface area contributed by atoms with Gasteiger partial charge < -0.3 is 5.32 Å². The fraction of sp³-hybridized carbons (Fsp3) is 0.200. The normalized spacial score (nSPS) is 11.9. The van der Waals surface area contributed by atoms with E-state index in [1.54, 1.807) is 0 Å². The van der Waals surface area contributed by atoms with Crippen molar-refractivity contribution in [2.45, 2.75) is 19.9 Å². The van der Waals surface area contributed by atoms with Gasteiger partial charge in [0, 0.05) is 18.2 Å². The van der Waals surface area contributed by atoms with E-state index >= 15 is 0 Å². The first-order valence-electron chi connectivity index (χ1n) is 6.24. The van der Waals surface area contributed by atoms with Gasteiger partial charge in [0.15, 0.2) is 0 Å². The van der Waals surface area contributed by atoms with Crippen LogP contribution in [0.4, 0.5) is 15.8 Å². The van der Waals surface area contributed by atoms with E-state index in [4.69, 9.17) is 0 Å². The van der Waals surface area contributed by atoms with Crippen molar-refractivity contribution in [3.63, 3.8) is 0 Å². The van der Waals surface area contributed by atoms with E-state index in [0.29, 0.717) is 0 Å². The van der Waals surface area contributed by atoms with Crippen molar-refractivity contribution < 1.29 is 9.31 Å². The lowest BCUT2D eigenvalue weighted by Gasteiger charge is -2.16. The second kappa shape index (κ2) is 5.69. The van der Waals surface area contributed by atoms with Crippen LogP contribution in [0.15, 0.2) is 42.5 Å². The van der Waals surface area contributed by atoms with Crippen LogP contribution >= 0.6 is 0 Å². The molecular weight excluding hydrogens is 259 g/mol. The number of aryl methyl sites for hydroxylation is 1. The van der Waals surface area contributed by atoms with Crippen LogP contribution in [-0.2, 0) is 0 Å². The number of nitrogens with zero attached hydrogens (tertiary/aromatic N) is 1. The van der Waals surface area contributed by atoms with Gasteiger partial charge in [0.25, 0.3) is 5.69 Å². The van der Waals surface area contributed by atoms with Crippen molar-refractivity contribution in [3.8, 4) is 0 Å². The number of hydrogen-bond donors (Lipinski definition) is 1. The number of halogens is 1. The van der Waals surface area contributed by atoms with Gasteiger partial charge in [-0.1, -0.05) is 29.8 Å². The molecule has 2 aromatic rings. The first kappa shape index (κ1) is 14.0. The molecule has 20 heavy (non-hydrogen) atoms. The van der Waals surface area contributed by atoms with E-state index in [-0.39, 0.29) is 17.4 Å². The molecule has 0 spiro atoms. The lowest BCUT2D eigenvalue weighted by molar-refractivity contribution is -0.384. The number of hydrogen-bond acceptors (Lipinski definition) is 3. The molecule has 0 heterocycles. The summed E-state index contributed by atoms with van der Waals surface area (Å²) in [5.41, 5.74) is 2.14. The predicted octanol–water partition coefficient (Wildman–Crippen LogP) is 4.22. The summed E-state index contributed by atoms with van der Waals surface area (Å²) in [7, 11) is 0. The van der Waals surface area contributed by atoms with Crippen LogP contribution in [0.5, 0.6) is 0 Å². The van der Waals surface area contributed by atoms with Crippen LogP contribution < -0.4 is 5.32 Å². The first-order valence-corrected chi connectivity index (χ1v) is 6.24. The van der Waals surface area contributed by atoms with Crippen molar-refractivity contribution in [3.05, 3.63) is 69.5 Å². The van der Waals surface area contributed by atoms with E-state index in [0.717, 1.165) is 23.3 Å². The first-order chi connectivity index (χ1) is 9.47. The summed E-state index contributed by atoms with van der Waals surface area (Å²) < 4.78 is 13.3. The largest absolute Gasteiger partial charge is 0.373 e. The zero-order valence-electron chi connectivity index (χ0n) is 11.3. The van der Waals surface area contributed by atoms with E-state index in [9.17, 15) is 14.5 Å². The summed E-state index contributed by atoms with van der Waals surface area (Å²) in [6, 6.07) is 11.0. The van der Waals surface area contributed by atoms with Gasteiger partial charge in [0.2, 0.25) is 0 Å². The Kier molecular flexibility index (Phi) is 3.98. The number of nitrogens with one attached hydrogen (secondary N) is 1.